The Morgan fingerprint density at radius 2 is 1.57 bits per heavy atom. The zero-order valence-electron chi connectivity index (χ0n) is 22.7. The minimum Gasteiger partial charge on any atom is -0.387 e. The second kappa shape index (κ2) is 11.1. The van der Waals surface area contributed by atoms with Gasteiger partial charge in [-0.1, -0.05) is 42.5 Å². The Labute approximate surface area is 233 Å². The average Bonchev–Trinajstić information content (AvgIpc) is 3.75. The van der Waals surface area contributed by atoms with Crippen LogP contribution < -0.4 is 16.6 Å². The molecule has 0 unspecified atom stereocenters. The molecule has 2 heterocycles. The number of amides is 1. The third-order valence-electron chi connectivity index (χ3n) is 9.53. The van der Waals surface area contributed by atoms with Crippen molar-refractivity contribution in [3.63, 3.8) is 0 Å². The molecule has 4 N–H and O–H groups in total. The molecule has 5 fully saturated rings. The zero-order chi connectivity index (χ0) is 28.0. The number of ether oxygens (including phenoxy) is 1. The molecule has 1 aliphatic heterocycles. The van der Waals surface area contributed by atoms with Crippen molar-refractivity contribution in [3.8, 4) is 0 Å². The van der Waals surface area contributed by atoms with Crippen molar-refractivity contribution < 1.29 is 19.7 Å². The minimum atomic E-state index is -1.39. The van der Waals surface area contributed by atoms with Crippen LogP contribution in [0.1, 0.15) is 38.8 Å². The van der Waals surface area contributed by atoms with Gasteiger partial charge in [-0.05, 0) is 80.0 Å². The van der Waals surface area contributed by atoms with E-state index in [9.17, 15) is 24.6 Å². The highest BCUT2D eigenvalue weighted by Gasteiger charge is 2.63. The number of H-pyrrole nitrogens is 1. The lowest BCUT2D eigenvalue weighted by atomic mass is 10.1. The largest absolute Gasteiger partial charge is 0.387 e. The van der Waals surface area contributed by atoms with Crippen LogP contribution in [0.25, 0.3) is 0 Å². The molecule has 1 aromatic heterocycles. The SMILES string of the molecule is C/C=C/C=C/[C@@H]1C[C@@H]1[C@H]1C[C@@H]1[C@@H]1C[C@H]1[C@@H]1C[C@@H]1/C=C/C=C/C(=O)NC[C@H]1O[C@@H](n2ccc(=O)[nH]c2=O)[C@H](O)[C@@H]1O. The third kappa shape index (κ3) is 5.87. The molecule has 12 atom stereocenters. The Bertz CT molecular complexity index is 1340. The molecule has 40 heavy (non-hydrogen) atoms. The summed E-state index contributed by atoms with van der Waals surface area (Å²) in [5, 5.41) is 23.3. The Hall–Kier alpha value is -3.01. The van der Waals surface area contributed by atoms with Gasteiger partial charge in [-0.15, -0.1) is 0 Å². The monoisotopic (exact) mass is 549 g/mol. The van der Waals surface area contributed by atoms with Crippen LogP contribution in [0.15, 0.2) is 70.5 Å². The minimum absolute atomic E-state index is 0.0384. The molecule has 1 saturated heterocycles. The van der Waals surface area contributed by atoms with E-state index in [2.05, 4.69) is 47.6 Å². The first-order chi connectivity index (χ1) is 19.4. The molecule has 0 aromatic carbocycles. The van der Waals surface area contributed by atoms with E-state index < -0.39 is 35.8 Å². The number of aromatic nitrogens is 2. The summed E-state index contributed by atoms with van der Waals surface area (Å²) in [6, 6.07) is 1.13. The molecule has 0 bridgehead atoms. The second-order valence-electron chi connectivity index (χ2n) is 12.2. The molecule has 5 aliphatic rings. The van der Waals surface area contributed by atoms with Gasteiger partial charge in [0.05, 0.1) is 0 Å². The number of aliphatic hydroxyl groups is 2. The van der Waals surface area contributed by atoms with Gasteiger partial charge in [-0.25, -0.2) is 4.79 Å². The normalized spacial score (nSPS) is 41.9. The summed E-state index contributed by atoms with van der Waals surface area (Å²) in [6.45, 7) is 2.02. The number of carbonyl (C=O) groups excluding carboxylic acids is 1. The maximum absolute atomic E-state index is 12.3. The molecule has 0 spiro atoms. The van der Waals surface area contributed by atoms with Gasteiger partial charge < -0.3 is 20.3 Å². The van der Waals surface area contributed by atoms with E-state index in [1.807, 2.05) is 6.08 Å². The number of rotatable bonds is 11. The molecule has 1 aromatic rings. The first kappa shape index (κ1) is 27.2. The molecule has 6 rings (SSSR count). The molecule has 9 heteroatoms. The second-order valence-corrected chi connectivity index (χ2v) is 12.2. The maximum atomic E-state index is 12.3. The van der Waals surface area contributed by atoms with Crippen LogP contribution in [0.2, 0.25) is 0 Å². The van der Waals surface area contributed by atoms with E-state index in [0.29, 0.717) is 5.92 Å². The molecular formula is C31H39N3O6. The third-order valence-corrected chi connectivity index (χ3v) is 9.53. The van der Waals surface area contributed by atoms with Crippen LogP contribution >= 0.6 is 0 Å². The highest BCUT2D eigenvalue weighted by atomic mass is 16.6. The summed E-state index contributed by atoms with van der Waals surface area (Å²) >= 11 is 0. The van der Waals surface area contributed by atoms with Gasteiger partial charge in [0.2, 0.25) is 5.91 Å². The predicted octanol–water partition coefficient (Wildman–Crippen LogP) is 2.06. The summed E-state index contributed by atoms with van der Waals surface area (Å²) in [6.07, 6.45) is 18.0. The fraction of sp³-hybridized carbons (Fsp3) is 0.581. The topological polar surface area (TPSA) is 134 Å². The van der Waals surface area contributed by atoms with E-state index >= 15 is 0 Å². The Morgan fingerprint density at radius 3 is 2.20 bits per heavy atom. The zero-order valence-corrected chi connectivity index (χ0v) is 22.7. The Morgan fingerprint density at radius 1 is 0.950 bits per heavy atom. The fourth-order valence-electron chi connectivity index (χ4n) is 7.02. The quantitative estimate of drug-likeness (QED) is 0.247. The Kier molecular flexibility index (Phi) is 7.54. The number of aromatic amines is 1. The van der Waals surface area contributed by atoms with Crippen LogP contribution in [0.5, 0.6) is 0 Å². The number of allylic oxidation sites excluding steroid dienone is 7. The summed E-state index contributed by atoms with van der Waals surface area (Å²) < 4.78 is 6.62. The standard InChI is InChI=1S/C31H39N3O6/c1-2-3-4-7-17-12-19(17)21-14-23(21)24-15-22(24)20-13-18(20)8-5-6-9-26(35)32-16-25-28(37)29(38)30(40-25)34-11-10-27(36)33-31(34)39/h2-11,17-25,28-30,37-38H,12-16H2,1H3,(H,32,35)(H,33,36,39)/b3-2+,7-4+,8-5+,9-6+/t17-,18+,19+,20-,21-,22+,23+,24-,25-,28-,29-,30-/m1/s1. The highest BCUT2D eigenvalue weighted by Crippen LogP contribution is 2.70. The van der Waals surface area contributed by atoms with Crippen molar-refractivity contribution in [1.29, 1.82) is 0 Å². The van der Waals surface area contributed by atoms with E-state index in [4.69, 9.17) is 4.74 Å². The van der Waals surface area contributed by atoms with Gasteiger partial charge in [0.1, 0.15) is 18.3 Å². The number of nitrogens with zero attached hydrogens (tertiary/aromatic N) is 1. The highest BCUT2D eigenvalue weighted by molar-refractivity contribution is 5.87. The van der Waals surface area contributed by atoms with Crippen molar-refractivity contribution in [3.05, 3.63) is 81.7 Å². The van der Waals surface area contributed by atoms with Crippen molar-refractivity contribution in [2.75, 3.05) is 6.54 Å². The molecular weight excluding hydrogens is 510 g/mol. The van der Waals surface area contributed by atoms with Crippen LogP contribution in [0.3, 0.4) is 0 Å². The molecule has 1 amide bonds. The van der Waals surface area contributed by atoms with E-state index in [1.165, 1.54) is 38.0 Å². The molecule has 0 radical (unpaired) electrons. The predicted molar refractivity (Wildman–Crippen MR) is 149 cm³/mol. The van der Waals surface area contributed by atoms with Gasteiger partial charge >= 0.3 is 5.69 Å². The molecule has 4 saturated carbocycles. The fourth-order valence-corrected chi connectivity index (χ4v) is 7.02. The van der Waals surface area contributed by atoms with Crippen LogP contribution in [-0.2, 0) is 9.53 Å². The van der Waals surface area contributed by atoms with E-state index in [-0.39, 0.29) is 12.5 Å². The van der Waals surface area contributed by atoms with Crippen molar-refractivity contribution in [2.24, 2.45) is 47.3 Å². The van der Waals surface area contributed by atoms with Crippen molar-refractivity contribution >= 4 is 5.91 Å². The molecule has 4 aliphatic carbocycles. The van der Waals surface area contributed by atoms with Crippen LogP contribution in [0.4, 0.5) is 0 Å². The lowest BCUT2D eigenvalue weighted by Gasteiger charge is -2.16. The number of hydrogen-bond donors (Lipinski definition) is 4. The lowest BCUT2D eigenvalue weighted by Crippen LogP contribution is -2.39. The number of nitrogens with one attached hydrogen (secondary N) is 2. The van der Waals surface area contributed by atoms with E-state index in [0.717, 1.165) is 52.1 Å². The van der Waals surface area contributed by atoms with E-state index in [1.54, 1.807) is 6.08 Å². The maximum Gasteiger partial charge on any atom is 0.330 e. The number of aliphatic hydroxyl groups excluding tert-OH is 2. The van der Waals surface area contributed by atoms with Crippen LogP contribution in [-0.4, -0.2) is 50.5 Å². The lowest BCUT2D eigenvalue weighted by molar-refractivity contribution is -0.117. The smallest absolute Gasteiger partial charge is 0.330 e. The number of hydrogen-bond acceptors (Lipinski definition) is 6. The summed E-state index contributed by atoms with van der Waals surface area (Å²) in [4.78, 5) is 37.6. The summed E-state index contributed by atoms with van der Waals surface area (Å²) in [7, 11) is 0. The molecule has 9 nitrogen and oxygen atoms in total. The van der Waals surface area contributed by atoms with Gasteiger partial charge in [-0.3, -0.25) is 19.1 Å². The van der Waals surface area contributed by atoms with Gasteiger partial charge in [0.15, 0.2) is 6.23 Å². The van der Waals surface area contributed by atoms with Crippen LogP contribution in [0, 0.1) is 47.3 Å². The summed E-state index contributed by atoms with van der Waals surface area (Å²) in [5.41, 5.74) is -1.33. The average molecular weight is 550 g/mol. The first-order valence-corrected chi connectivity index (χ1v) is 14.6. The van der Waals surface area contributed by atoms with Gasteiger partial charge in [0.25, 0.3) is 5.56 Å². The van der Waals surface area contributed by atoms with Crippen molar-refractivity contribution in [2.45, 2.75) is 57.1 Å². The van der Waals surface area contributed by atoms with Crippen molar-refractivity contribution in [1.82, 2.24) is 14.9 Å². The van der Waals surface area contributed by atoms with Gasteiger partial charge in [0, 0.05) is 24.9 Å². The Balaban J connectivity index is 0.889. The first-order valence-electron chi connectivity index (χ1n) is 14.6. The molecule has 214 valence electrons. The summed E-state index contributed by atoms with van der Waals surface area (Å²) in [5.74, 6) is 6.64. The van der Waals surface area contributed by atoms with Gasteiger partial charge in [-0.2, -0.15) is 0 Å². The number of carbonyl (C=O) groups is 1.